The second kappa shape index (κ2) is 8.36. The van der Waals surface area contributed by atoms with Crippen LogP contribution in [-0.2, 0) is 13.1 Å². The molecule has 0 radical (unpaired) electrons. The average molecular weight is 319 g/mol. The summed E-state index contributed by atoms with van der Waals surface area (Å²) in [6, 6.07) is 3.32. The Balaban J connectivity index is 2.06. The summed E-state index contributed by atoms with van der Waals surface area (Å²) in [5, 5.41) is 11.4. The van der Waals surface area contributed by atoms with Crippen molar-refractivity contribution in [1.82, 2.24) is 20.1 Å². The van der Waals surface area contributed by atoms with Crippen LogP contribution in [0.1, 0.15) is 50.0 Å². The Morgan fingerprint density at radius 1 is 1.35 bits per heavy atom. The van der Waals surface area contributed by atoms with Crippen molar-refractivity contribution in [2.45, 2.75) is 46.7 Å². The Kier molecular flexibility index (Phi) is 6.19. The highest BCUT2D eigenvalue weighted by Gasteiger charge is 2.17. The molecule has 23 heavy (non-hydrogen) atoms. The molecule has 0 saturated carbocycles. The van der Waals surface area contributed by atoms with Crippen LogP contribution in [0, 0.1) is 0 Å². The number of amides is 1. The van der Waals surface area contributed by atoms with Gasteiger partial charge in [-0.3, -0.25) is 9.36 Å². The molecule has 0 saturated heterocycles. The first-order valence-corrected chi connectivity index (χ1v) is 8.19. The van der Waals surface area contributed by atoms with Crippen molar-refractivity contribution in [2.24, 2.45) is 0 Å². The molecule has 1 amide bonds. The highest BCUT2D eigenvalue weighted by atomic mass is 16.3. The molecule has 0 atom stereocenters. The number of hydrogen-bond acceptors (Lipinski definition) is 5. The molecule has 126 valence electrons. The smallest absolute Gasteiger partial charge is 0.287 e. The third kappa shape index (κ3) is 4.12. The van der Waals surface area contributed by atoms with Crippen LogP contribution in [0.5, 0.6) is 0 Å². The first kappa shape index (κ1) is 17.1. The molecule has 2 heterocycles. The number of unbranched alkanes of at least 4 members (excludes halogenated alkanes) is 1. The predicted molar refractivity (Wildman–Crippen MR) is 88.4 cm³/mol. The summed E-state index contributed by atoms with van der Waals surface area (Å²) >= 11 is 0. The lowest BCUT2D eigenvalue weighted by Crippen LogP contribution is -2.28. The minimum Gasteiger partial charge on any atom is -0.459 e. The molecule has 0 aliphatic heterocycles. The van der Waals surface area contributed by atoms with E-state index in [-0.39, 0.29) is 5.91 Å². The van der Waals surface area contributed by atoms with Gasteiger partial charge in [0.1, 0.15) is 0 Å². The van der Waals surface area contributed by atoms with Crippen LogP contribution >= 0.6 is 0 Å². The number of hydrogen-bond donors (Lipinski definition) is 1. The predicted octanol–water partition coefficient (Wildman–Crippen LogP) is 2.45. The largest absolute Gasteiger partial charge is 0.459 e. The molecular formula is C16H25N5O2. The van der Waals surface area contributed by atoms with E-state index in [9.17, 15) is 4.79 Å². The summed E-state index contributed by atoms with van der Waals surface area (Å²) in [5.74, 6) is 1.66. The van der Waals surface area contributed by atoms with Crippen molar-refractivity contribution in [2.75, 3.05) is 18.0 Å². The highest BCUT2D eigenvalue weighted by Crippen LogP contribution is 2.14. The van der Waals surface area contributed by atoms with Crippen LogP contribution in [-0.4, -0.2) is 33.8 Å². The number of rotatable bonds is 9. The number of nitrogens with zero attached hydrogens (tertiary/aromatic N) is 4. The first-order valence-electron chi connectivity index (χ1n) is 8.19. The Morgan fingerprint density at radius 2 is 2.17 bits per heavy atom. The molecule has 2 rings (SSSR count). The van der Waals surface area contributed by atoms with Gasteiger partial charge in [0, 0.05) is 19.6 Å². The molecule has 0 aliphatic carbocycles. The standard InChI is InChI=1S/C16H25N5O2/c1-4-7-10-20(5-2)16-19-18-14(21(16)6-3)12-17-15(22)13-9-8-11-23-13/h8-9,11H,4-7,10,12H2,1-3H3,(H,17,22). The molecule has 0 unspecified atom stereocenters. The van der Waals surface area contributed by atoms with Gasteiger partial charge >= 0.3 is 0 Å². The molecule has 0 bridgehead atoms. The van der Waals surface area contributed by atoms with Gasteiger partial charge in [0.15, 0.2) is 11.6 Å². The van der Waals surface area contributed by atoms with Gasteiger partial charge < -0.3 is 14.6 Å². The number of aromatic nitrogens is 3. The molecule has 2 aromatic rings. The van der Waals surface area contributed by atoms with E-state index in [1.54, 1.807) is 12.1 Å². The van der Waals surface area contributed by atoms with E-state index in [4.69, 9.17) is 4.42 Å². The van der Waals surface area contributed by atoms with Gasteiger partial charge in [0.2, 0.25) is 5.95 Å². The van der Waals surface area contributed by atoms with E-state index in [2.05, 4.69) is 41.2 Å². The van der Waals surface area contributed by atoms with Gasteiger partial charge in [-0.1, -0.05) is 13.3 Å². The summed E-state index contributed by atoms with van der Waals surface area (Å²) in [6.07, 6.45) is 3.74. The van der Waals surface area contributed by atoms with Gasteiger partial charge in [0.05, 0.1) is 12.8 Å². The van der Waals surface area contributed by atoms with E-state index in [0.29, 0.717) is 12.3 Å². The quantitative estimate of drug-likeness (QED) is 0.768. The Morgan fingerprint density at radius 3 is 2.78 bits per heavy atom. The molecule has 0 aromatic carbocycles. The normalized spacial score (nSPS) is 10.7. The zero-order valence-corrected chi connectivity index (χ0v) is 14.1. The average Bonchev–Trinajstić information content (AvgIpc) is 3.23. The van der Waals surface area contributed by atoms with E-state index in [1.807, 2.05) is 4.57 Å². The number of carbonyl (C=O) groups excluding carboxylic acids is 1. The second-order valence-corrected chi connectivity index (χ2v) is 5.25. The Labute approximate surface area is 136 Å². The number of furan rings is 1. The Hall–Kier alpha value is -2.31. The van der Waals surface area contributed by atoms with Crippen molar-refractivity contribution < 1.29 is 9.21 Å². The van der Waals surface area contributed by atoms with Gasteiger partial charge in [-0.2, -0.15) is 0 Å². The third-order valence-corrected chi connectivity index (χ3v) is 3.72. The van der Waals surface area contributed by atoms with E-state index >= 15 is 0 Å². The zero-order valence-electron chi connectivity index (χ0n) is 14.1. The van der Waals surface area contributed by atoms with Crippen molar-refractivity contribution in [3.63, 3.8) is 0 Å². The molecule has 7 heteroatoms. The minimum atomic E-state index is -0.250. The molecule has 2 aromatic heterocycles. The van der Waals surface area contributed by atoms with Gasteiger partial charge in [-0.15, -0.1) is 10.2 Å². The monoisotopic (exact) mass is 319 g/mol. The summed E-state index contributed by atoms with van der Waals surface area (Å²) in [4.78, 5) is 14.2. The maximum absolute atomic E-state index is 11.9. The minimum absolute atomic E-state index is 0.250. The summed E-state index contributed by atoms with van der Waals surface area (Å²) in [6.45, 7) is 9.28. The van der Waals surface area contributed by atoms with E-state index < -0.39 is 0 Å². The van der Waals surface area contributed by atoms with Gasteiger partial charge in [0.25, 0.3) is 5.91 Å². The van der Waals surface area contributed by atoms with Crippen LogP contribution in [0.2, 0.25) is 0 Å². The van der Waals surface area contributed by atoms with E-state index in [1.165, 1.54) is 6.26 Å². The van der Waals surface area contributed by atoms with Crippen molar-refractivity contribution in [1.29, 1.82) is 0 Å². The van der Waals surface area contributed by atoms with Crippen LogP contribution < -0.4 is 10.2 Å². The van der Waals surface area contributed by atoms with E-state index in [0.717, 1.165) is 44.2 Å². The number of nitrogens with one attached hydrogen (secondary N) is 1. The first-order chi connectivity index (χ1) is 11.2. The summed E-state index contributed by atoms with van der Waals surface area (Å²) in [7, 11) is 0. The second-order valence-electron chi connectivity index (χ2n) is 5.25. The molecule has 0 aliphatic rings. The highest BCUT2D eigenvalue weighted by molar-refractivity contribution is 5.91. The Bertz CT molecular complexity index is 606. The fourth-order valence-corrected chi connectivity index (χ4v) is 2.42. The lowest BCUT2D eigenvalue weighted by Gasteiger charge is -2.22. The van der Waals surface area contributed by atoms with Crippen molar-refractivity contribution >= 4 is 11.9 Å². The fourth-order valence-electron chi connectivity index (χ4n) is 2.42. The SMILES string of the molecule is CCCCN(CC)c1nnc(CNC(=O)c2ccco2)n1CC. The zero-order chi connectivity index (χ0) is 16.7. The van der Waals surface area contributed by atoms with Crippen molar-refractivity contribution in [3.8, 4) is 0 Å². The molecule has 0 spiro atoms. The number of carbonyl (C=O) groups is 1. The van der Waals surface area contributed by atoms with Gasteiger partial charge in [-0.25, -0.2) is 0 Å². The lowest BCUT2D eigenvalue weighted by molar-refractivity contribution is 0.0921. The maximum Gasteiger partial charge on any atom is 0.287 e. The van der Waals surface area contributed by atoms with Gasteiger partial charge in [-0.05, 0) is 32.4 Å². The van der Waals surface area contributed by atoms with Crippen molar-refractivity contribution in [3.05, 3.63) is 30.0 Å². The molecule has 0 fully saturated rings. The molecule has 1 N–H and O–H groups in total. The third-order valence-electron chi connectivity index (χ3n) is 3.72. The molecule has 7 nitrogen and oxygen atoms in total. The lowest BCUT2D eigenvalue weighted by atomic mass is 10.3. The van der Waals surface area contributed by atoms with Crippen LogP contribution in [0.15, 0.2) is 22.8 Å². The van der Waals surface area contributed by atoms with Crippen LogP contribution in [0.25, 0.3) is 0 Å². The maximum atomic E-state index is 11.9. The summed E-state index contributed by atoms with van der Waals surface area (Å²) < 4.78 is 7.13. The number of anilines is 1. The molecular weight excluding hydrogens is 294 g/mol. The summed E-state index contributed by atoms with van der Waals surface area (Å²) in [5.41, 5.74) is 0. The van der Waals surface area contributed by atoms with Crippen LogP contribution in [0.4, 0.5) is 5.95 Å². The van der Waals surface area contributed by atoms with Crippen LogP contribution in [0.3, 0.4) is 0 Å². The fraction of sp³-hybridized carbons (Fsp3) is 0.562. The topological polar surface area (TPSA) is 76.2 Å².